The molecule has 0 heterocycles. The summed E-state index contributed by atoms with van der Waals surface area (Å²) in [5.74, 6) is -0.808. The Kier molecular flexibility index (Phi) is 7.74. The number of carboxylic acid groups (broad SMARTS) is 1. The number of nitrogens with zero attached hydrogens (tertiary/aromatic N) is 1. The van der Waals surface area contributed by atoms with Gasteiger partial charge in [-0.05, 0) is 33.9 Å². The van der Waals surface area contributed by atoms with Crippen LogP contribution >= 0.6 is 11.8 Å². The van der Waals surface area contributed by atoms with Crippen molar-refractivity contribution in [1.82, 2.24) is 5.32 Å². The topological polar surface area (TPSA) is 128 Å². The second-order valence-corrected chi connectivity index (χ2v) is 9.17. The molecule has 1 unspecified atom stereocenters. The number of hydrogen-bond acceptors (Lipinski definition) is 7. The van der Waals surface area contributed by atoms with Crippen LogP contribution in [0.1, 0.15) is 22.6 Å². The quantitative estimate of drug-likeness (QED) is 0.294. The zero-order valence-corrected chi connectivity index (χ0v) is 20.2. The number of fused-ring (bicyclic) bond motifs is 3. The van der Waals surface area contributed by atoms with E-state index in [0.717, 1.165) is 22.3 Å². The summed E-state index contributed by atoms with van der Waals surface area (Å²) in [5.41, 5.74) is 4.79. The number of benzene rings is 3. The van der Waals surface area contributed by atoms with Gasteiger partial charge in [0.2, 0.25) is 0 Å². The molecule has 0 saturated heterocycles. The molecule has 0 aromatic heterocycles. The first-order valence-corrected chi connectivity index (χ1v) is 12.3. The summed E-state index contributed by atoms with van der Waals surface area (Å²) >= 11 is 1.23. The third-order valence-electron chi connectivity index (χ3n) is 5.93. The highest BCUT2D eigenvalue weighted by Crippen LogP contribution is 2.44. The van der Waals surface area contributed by atoms with Crippen molar-refractivity contribution >= 4 is 29.5 Å². The number of aliphatic carboxylic acids is 1. The number of nitrogens with one attached hydrogen (secondary N) is 1. The normalized spacial score (nSPS) is 12.8. The molecule has 0 fully saturated rings. The third-order valence-corrected chi connectivity index (χ3v) is 7.03. The van der Waals surface area contributed by atoms with Crippen LogP contribution in [0.3, 0.4) is 0 Å². The molecule has 0 saturated carbocycles. The zero-order valence-electron chi connectivity index (χ0n) is 19.4. The molecule has 1 aliphatic carbocycles. The van der Waals surface area contributed by atoms with Crippen molar-refractivity contribution in [2.45, 2.75) is 17.7 Å². The number of alkyl carbamates (subject to hydrolysis) is 1. The number of carboxylic acids is 1. The van der Waals surface area contributed by atoms with Gasteiger partial charge >= 0.3 is 17.7 Å². The smallest absolute Gasteiger partial charge is 0.407 e. The van der Waals surface area contributed by atoms with Gasteiger partial charge in [0, 0.05) is 23.5 Å². The van der Waals surface area contributed by atoms with Gasteiger partial charge in [0.25, 0.3) is 0 Å². The average molecular weight is 509 g/mol. The van der Waals surface area contributed by atoms with Gasteiger partial charge in [-0.2, -0.15) is 11.8 Å². The van der Waals surface area contributed by atoms with E-state index in [-0.39, 0.29) is 29.7 Å². The molecule has 3 aromatic carbocycles. The SMILES string of the molecule is COc1ccc(CSCC(NC(=O)OCC2c3ccccc3-c3ccccc32)C(=O)O)cc1[N+](=O)[O-]. The highest BCUT2D eigenvalue weighted by atomic mass is 32.2. The van der Waals surface area contributed by atoms with Crippen molar-refractivity contribution in [3.8, 4) is 16.9 Å². The summed E-state index contributed by atoms with van der Waals surface area (Å²) in [6, 6.07) is 19.2. The van der Waals surface area contributed by atoms with Crippen LogP contribution in [0.2, 0.25) is 0 Å². The molecule has 0 spiro atoms. The highest BCUT2D eigenvalue weighted by Gasteiger charge is 2.29. The molecule has 10 heteroatoms. The van der Waals surface area contributed by atoms with E-state index in [4.69, 9.17) is 9.47 Å². The van der Waals surface area contributed by atoms with Crippen molar-refractivity contribution in [3.05, 3.63) is 93.5 Å². The van der Waals surface area contributed by atoms with Crippen LogP contribution in [0.4, 0.5) is 10.5 Å². The molecule has 9 nitrogen and oxygen atoms in total. The largest absolute Gasteiger partial charge is 0.490 e. The number of hydrogen-bond donors (Lipinski definition) is 2. The Hall–Kier alpha value is -4.05. The summed E-state index contributed by atoms with van der Waals surface area (Å²) in [6.45, 7) is 0.0782. The number of methoxy groups -OCH3 is 1. The van der Waals surface area contributed by atoms with Crippen LogP contribution in [-0.4, -0.2) is 47.6 Å². The lowest BCUT2D eigenvalue weighted by atomic mass is 9.98. The van der Waals surface area contributed by atoms with E-state index < -0.39 is 23.0 Å². The monoisotopic (exact) mass is 508 g/mol. The van der Waals surface area contributed by atoms with Crippen LogP contribution < -0.4 is 10.1 Å². The molecule has 1 amide bonds. The Morgan fingerprint density at radius 2 is 1.72 bits per heavy atom. The van der Waals surface area contributed by atoms with E-state index in [1.165, 1.54) is 31.0 Å². The minimum Gasteiger partial charge on any atom is -0.490 e. The van der Waals surface area contributed by atoms with Gasteiger partial charge in [-0.15, -0.1) is 0 Å². The van der Waals surface area contributed by atoms with Crippen molar-refractivity contribution in [2.24, 2.45) is 0 Å². The average Bonchev–Trinajstić information content (AvgIpc) is 3.20. The summed E-state index contributed by atoms with van der Waals surface area (Å²) in [4.78, 5) is 34.8. The Morgan fingerprint density at radius 1 is 1.08 bits per heavy atom. The fourth-order valence-electron chi connectivity index (χ4n) is 4.22. The molecule has 0 bridgehead atoms. The molecule has 1 aliphatic rings. The Morgan fingerprint density at radius 3 is 2.31 bits per heavy atom. The van der Waals surface area contributed by atoms with Gasteiger partial charge < -0.3 is 19.9 Å². The summed E-state index contributed by atoms with van der Waals surface area (Å²) < 4.78 is 10.4. The molecule has 36 heavy (non-hydrogen) atoms. The number of carbonyl (C=O) groups excluding carboxylic acids is 1. The van der Waals surface area contributed by atoms with Crippen LogP contribution in [0.15, 0.2) is 66.7 Å². The second-order valence-electron chi connectivity index (χ2n) is 8.14. The first kappa shape index (κ1) is 25.1. The number of thioether (sulfide) groups is 1. The maximum absolute atomic E-state index is 12.5. The summed E-state index contributed by atoms with van der Waals surface area (Å²) in [7, 11) is 1.35. The molecule has 1 atom stereocenters. The predicted octanol–water partition coefficient (Wildman–Crippen LogP) is 4.83. The molecule has 4 rings (SSSR count). The first-order chi connectivity index (χ1) is 17.4. The fraction of sp³-hybridized carbons (Fsp3) is 0.231. The molecule has 2 N–H and O–H groups in total. The van der Waals surface area contributed by atoms with Crippen LogP contribution in [0, 0.1) is 10.1 Å². The zero-order chi connectivity index (χ0) is 25.7. The molecule has 0 radical (unpaired) electrons. The minimum atomic E-state index is -1.20. The van der Waals surface area contributed by atoms with E-state index in [9.17, 15) is 24.8 Å². The van der Waals surface area contributed by atoms with Gasteiger partial charge in [-0.25, -0.2) is 9.59 Å². The Balaban J connectivity index is 1.33. The number of nitro groups is 1. The van der Waals surface area contributed by atoms with Crippen molar-refractivity contribution in [1.29, 1.82) is 0 Å². The fourth-order valence-corrected chi connectivity index (χ4v) is 5.21. The van der Waals surface area contributed by atoms with E-state index in [2.05, 4.69) is 5.32 Å². The van der Waals surface area contributed by atoms with E-state index in [1.807, 2.05) is 48.5 Å². The van der Waals surface area contributed by atoms with Crippen molar-refractivity contribution < 1.29 is 29.1 Å². The number of carbonyl (C=O) groups is 2. The maximum Gasteiger partial charge on any atom is 0.407 e. The van der Waals surface area contributed by atoms with Crippen LogP contribution in [-0.2, 0) is 15.3 Å². The summed E-state index contributed by atoms with van der Waals surface area (Å²) in [6.07, 6.45) is -0.815. The molecule has 3 aromatic rings. The van der Waals surface area contributed by atoms with Crippen LogP contribution in [0.25, 0.3) is 11.1 Å². The lowest BCUT2D eigenvalue weighted by molar-refractivity contribution is -0.385. The molecular formula is C26H24N2O7S. The molecule has 186 valence electrons. The summed E-state index contributed by atoms with van der Waals surface area (Å²) in [5, 5.41) is 23.2. The van der Waals surface area contributed by atoms with Crippen LogP contribution in [0.5, 0.6) is 5.75 Å². The van der Waals surface area contributed by atoms with E-state index in [1.54, 1.807) is 6.07 Å². The van der Waals surface area contributed by atoms with Crippen molar-refractivity contribution in [2.75, 3.05) is 19.5 Å². The Bertz CT molecular complexity index is 1250. The second kappa shape index (κ2) is 11.1. The van der Waals surface area contributed by atoms with Crippen molar-refractivity contribution in [3.63, 3.8) is 0 Å². The van der Waals surface area contributed by atoms with Gasteiger partial charge in [0.1, 0.15) is 12.6 Å². The van der Waals surface area contributed by atoms with Gasteiger partial charge in [0.05, 0.1) is 12.0 Å². The number of rotatable bonds is 10. The highest BCUT2D eigenvalue weighted by molar-refractivity contribution is 7.98. The Labute approximate surface area is 211 Å². The third kappa shape index (κ3) is 5.44. The number of ether oxygens (including phenoxy) is 2. The number of nitro benzene ring substituents is 1. The lowest BCUT2D eigenvalue weighted by Gasteiger charge is -2.17. The van der Waals surface area contributed by atoms with Gasteiger partial charge in [0.15, 0.2) is 5.75 Å². The number of amides is 1. The maximum atomic E-state index is 12.5. The van der Waals surface area contributed by atoms with Gasteiger partial charge in [-0.1, -0.05) is 54.6 Å². The van der Waals surface area contributed by atoms with E-state index >= 15 is 0 Å². The standard InChI is InChI=1S/C26H24N2O7S/c1-34-24-11-10-16(12-23(24)28(32)33)14-36-15-22(25(29)30)27-26(31)35-13-21-19-8-4-2-6-17(19)18-7-3-5-9-20(18)21/h2-12,21-22H,13-15H2,1H3,(H,27,31)(H,29,30). The predicted molar refractivity (Wildman–Crippen MR) is 135 cm³/mol. The molecule has 0 aliphatic heterocycles. The minimum absolute atomic E-state index is 0.0549. The van der Waals surface area contributed by atoms with E-state index in [0.29, 0.717) is 11.3 Å². The lowest BCUT2D eigenvalue weighted by Crippen LogP contribution is -2.43. The first-order valence-electron chi connectivity index (χ1n) is 11.1. The molecular weight excluding hydrogens is 484 g/mol. The van der Waals surface area contributed by atoms with Gasteiger partial charge in [-0.3, -0.25) is 10.1 Å².